The van der Waals surface area contributed by atoms with Crippen molar-refractivity contribution in [2.24, 2.45) is 17.8 Å². The van der Waals surface area contributed by atoms with Gasteiger partial charge in [-0.15, -0.1) is 0 Å². The van der Waals surface area contributed by atoms with Crippen molar-refractivity contribution in [3.63, 3.8) is 0 Å². The van der Waals surface area contributed by atoms with Crippen LogP contribution in [-0.2, 0) is 9.59 Å². The van der Waals surface area contributed by atoms with Crippen LogP contribution < -0.4 is 4.90 Å². The van der Waals surface area contributed by atoms with Crippen LogP contribution in [0.1, 0.15) is 25.3 Å². The van der Waals surface area contributed by atoms with E-state index in [2.05, 4.69) is 0 Å². The van der Waals surface area contributed by atoms with E-state index in [1.54, 1.807) is 0 Å². The molecule has 2 amide bonds. The number of rotatable bonds is 1. The summed E-state index contributed by atoms with van der Waals surface area (Å²) in [6.45, 7) is 2.02. The quantitative estimate of drug-likeness (QED) is 0.736. The molecule has 2 unspecified atom stereocenters. The van der Waals surface area contributed by atoms with Crippen molar-refractivity contribution in [2.45, 2.75) is 19.8 Å². The summed E-state index contributed by atoms with van der Waals surface area (Å²) in [4.78, 5) is 25.6. The summed E-state index contributed by atoms with van der Waals surface area (Å²) >= 11 is 0. The number of anilines is 1. The summed E-state index contributed by atoms with van der Waals surface area (Å²) < 4.78 is 14.0. The molecule has 1 aromatic rings. The third kappa shape index (κ3) is 1.72. The number of nitriles is 1. The smallest absolute Gasteiger partial charge is 0.237 e. The highest BCUT2D eigenvalue weighted by Gasteiger charge is 2.52. The molecule has 1 saturated heterocycles. The van der Waals surface area contributed by atoms with E-state index >= 15 is 0 Å². The number of amides is 2. The van der Waals surface area contributed by atoms with Crippen molar-refractivity contribution in [1.82, 2.24) is 0 Å². The highest BCUT2D eigenvalue weighted by Crippen LogP contribution is 2.44. The zero-order valence-corrected chi connectivity index (χ0v) is 11.0. The van der Waals surface area contributed by atoms with Gasteiger partial charge in [0.25, 0.3) is 0 Å². The first-order valence-electron chi connectivity index (χ1n) is 6.60. The zero-order chi connectivity index (χ0) is 14.4. The minimum Gasteiger partial charge on any atom is -0.274 e. The topological polar surface area (TPSA) is 61.2 Å². The Morgan fingerprint density at radius 1 is 1.25 bits per heavy atom. The Kier molecular flexibility index (Phi) is 2.82. The van der Waals surface area contributed by atoms with E-state index in [1.807, 2.05) is 13.0 Å². The molecule has 0 radical (unpaired) electrons. The lowest BCUT2D eigenvalue weighted by atomic mass is 10.00. The fourth-order valence-electron chi connectivity index (χ4n) is 3.27. The van der Waals surface area contributed by atoms with Crippen LogP contribution in [0.5, 0.6) is 0 Å². The second-order valence-corrected chi connectivity index (χ2v) is 5.58. The van der Waals surface area contributed by atoms with Gasteiger partial charge >= 0.3 is 0 Å². The molecule has 4 nitrogen and oxygen atoms in total. The molecule has 2 atom stereocenters. The molecule has 0 N–H and O–H groups in total. The first kappa shape index (κ1) is 12.8. The maximum atomic E-state index is 14.0. The number of carbonyl (C=O) groups is 2. The van der Waals surface area contributed by atoms with Gasteiger partial charge in [0.1, 0.15) is 5.82 Å². The van der Waals surface area contributed by atoms with Crippen LogP contribution >= 0.6 is 0 Å². The first-order valence-corrected chi connectivity index (χ1v) is 6.60. The Hall–Kier alpha value is -2.22. The molecule has 3 rings (SSSR count). The average Bonchev–Trinajstić information content (AvgIpc) is 2.90. The fourth-order valence-corrected chi connectivity index (χ4v) is 3.27. The summed E-state index contributed by atoms with van der Waals surface area (Å²) in [6.07, 6.45) is 1.37. The fraction of sp³-hybridized carbons (Fsp3) is 0.400. The number of carbonyl (C=O) groups excluding carboxylic acids is 2. The van der Waals surface area contributed by atoms with E-state index in [9.17, 15) is 14.0 Å². The van der Waals surface area contributed by atoms with Crippen molar-refractivity contribution in [1.29, 1.82) is 5.26 Å². The second kappa shape index (κ2) is 4.41. The number of hydrogen-bond acceptors (Lipinski definition) is 3. The lowest BCUT2D eigenvalue weighted by Crippen LogP contribution is -2.32. The number of imide groups is 1. The Morgan fingerprint density at radius 3 is 2.35 bits per heavy atom. The minimum atomic E-state index is -0.709. The van der Waals surface area contributed by atoms with E-state index in [1.165, 1.54) is 12.1 Å². The summed E-state index contributed by atoms with van der Waals surface area (Å²) in [6, 6.07) is 5.61. The van der Waals surface area contributed by atoms with Crippen molar-refractivity contribution in [3.8, 4) is 6.07 Å². The standard InChI is InChI=1S/C15H13FN2O2/c1-8-4-10-11(5-8)15(20)18(14(10)19)13-3-2-9(7-17)6-12(13)16/h2-3,6,8,10-11H,4-5H2,1H3. The molecule has 0 aromatic heterocycles. The van der Waals surface area contributed by atoms with Crippen molar-refractivity contribution in [3.05, 3.63) is 29.6 Å². The molecule has 2 fully saturated rings. The molecule has 1 heterocycles. The first-order chi connectivity index (χ1) is 9.52. The maximum Gasteiger partial charge on any atom is 0.237 e. The van der Waals surface area contributed by atoms with Gasteiger partial charge in [-0.1, -0.05) is 6.92 Å². The Bertz CT molecular complexity index is 626. The van der Waals surface area contributed by atoms with Crippen LogP contribution in [0.25, 0.3) is 0 Å². The summed E-state index contributed by atoms with van der Waals surface area (Å²) in [5, 5.41) is 8.72. The van der Waals surface area contributed by atoms with E-state index in [-0.39, 0.29) is 34.9 Å². The van der Waals surface area contributed by atoms with Gasteiger partial charge in [-0.3, -0.25) is 9.59 Å². The molecule has 20 heavy (non-hydrogen) atoms. The van der Waals surface area contributed by atoms with Crippen LogP contribution in [-0.4, -0.2) is 11.8 Å². The van der Waals surface area contributed by atoms with Gasteiger partial charge in [-0.2, -0.15) is 5.26 Å². The van der Waals surface area contributed by atoms with Crippen molar-refractivity contribution < 1.29 is 14.0 Å². The molecule has 102 valence electrons. The molecule has 1 aliphatic heterocycles. The van der Waals surface area contributed by atoms with E-state index < -0.39 is 5.82 Å². The molecule has 0 bridgehead atoms. The summed E-state index contributed by atoms with van der Waals surface area (Å²) in [5.41, 5.74) is 0.125. The van der Waals surface area contributed by atoms with Crippen LogP contribution in [0.4, 0.5) is 10.1 Å². The van der Waals surface area contributed by atoms with Gasteiger partial charge in [0, 0.05) is 0 Å². The van der Waals surface area contributed by atoms with E-state index in [0.29, 0.717) is 18.8 Å². The predicted molar refractivity (Wildman–Crippen MR) is 69.0 cm³/mol. The van der Waals surface area contributed by atoms with Gasteiger partial charge < -0.3 is 0 Å². The summed E-state index contributed by atoms with van der Waals surface area (Å²) in [5.74, 6) is -1.61. The van der Waals surface area contributed by atoms with Crippen molar-refractivity contribution >= 4 is 17.5 Å². The van der Waals surface area contributed by atoms with Gasteiger partial charge in [-0.05, 0) is 37.0 Å². The lowest BCUT2D eigenvalue weighted by molar-refractivity contribution is -0.123. The minimum absolute atomic E-state index is 0.0407. The Morgan fingerprint density at radius 2 is 1.85 bits per heavy atom. The normalized spacial score (nSPS) is 28.6. The molecule has 1 saturated carbocycles. The number of hydrogen-bond donors (Lipinski definition) is 0. The molecule has 2 aliphatic rings. The predicted octanol–water partition coefficient (Wildman–Crippen LogP) is 2.23. The molecule has 1 aliphatic carbocycles. The van der Waals surface area contributed by atoms with E-state index in [0.717, 1.165) is 11.0 Å². The number of benzene rings is 1. The second-order valence-electron chi connectivity index (χ2n) is 5.58. The Balaban J connectivity index is 1.98. The molecule has 0 spiro atoms. The monoisotopic (exact) mass is 272 g/mol. The van der Waals surface area contributed by atoms with Gasteiger partial charge in [0.15, 0.2) is 0 Å². The van der Waals surface area contributed by atoms with E-state index in [4.69, 9.17) is 5.26 Å². The maximum absolute atomic E-state index is 14.0. The van der Waals surface area contributed by atoms with Gasteiger partial charge in [0.05, 0.1) is 29.2 Å². The largest absolute Gasteiger partial charge is 0.274 e. The van der Waals surface area contributed by atoms with Crippen LogP contribution in [0.3, 0.4) is 0 Å². The van der Waals surface area contributed by atoms with Crippen LogP contribution in [0, 0.1) is 34.9 Å². The molecular weight excluding hydrogens is 259 g/mol. The van der Waals surface area contributed by atoms with Crippen LogP contribution in [0.2, 0.25) is 0 Å². The van der Waals surface area contributed by atoms with Crippen molar-refractivity contribution in [2.75, 3.05) is 4.90 Å². The summed E-state index contributed by atoms with van der Waals surface area (Å²) in [7, 11) is 0. The lowest BCUT2D eigenvalue weighted by Gasteiger charge is -2.17. The zero-order valence-electron chi connectivity index (χ0n) is 11.0. The SMILES string of the molecule is CC1CC2C(=O)N(c3ccc(C#N)cc3F)C(=O)C2C1. The third-order valence-electron chi connectivity index (χ3n) is 4.19. The third-order valence-corrected chi connectivity index (χ3v) is 4.19. The number of nitrogens with zero attached hydrogens (tertiary/aromatic N) is 2. The number of fused-ring (bicyclic) bond motifs is 1. The number of halogens is 1. The molecule has 5 heteroatoms. The van der Waals surface area contributed by atoms with Crippen LogP contribution in [0.15, 0.2) is 18.2 Å². The van der Waals surface area contributed by atoms with Gasteiger partial charge in [-0.25, -0.2) is 9.29 Å². The Labute approximate surface area is 115 Å². The van der Waals surface area contributed by atoms with Gasteiger partial charge in [0.2, 0.25) is 11.8 Å². The molecule has 1 aromatic carbocycles. The average molecular weight is 272 g/mol. The highest BCUT2D eigenvalue weighted by molar-refractivity contribution is 6.22. The molecular formula is C15H13FN2O2. The highest BCUT2D eigenvalue weighted by atomic mass is 19.1.